The minimum Gasteiger partial charge on any atom is -0.490 e. The summed E-state index contributed by atoms with van der Waals surface area (Å²) < 4.78 is 5.90. The van der Waals surface area contributed by atoms with E-state index in [2.05, 4.69) is 29.7 Å². The Morgan fingerprint density at radius 2 is 1.86 bits per heavy atom. The van der Waals surface area contributed by atoms with Gasteiger partial charge in [-0.25, -0.2) is 0 Å². The summed E-state index contributed by atoms with van der Waals surface area (Å²) in [6, 6.07) is 8.72. The molecule has 21 heavy (non-hydrogen) atoms. The van der Waals surface area contributed by atoms with E-state index in [1.807, 2.05) is 0 Å². The Morgan fingerprint density at radius 1 is 1.10 bits per heavy atom. The number of nitrogens with one attached hydrogen (secondary N) is 1. The molecular weight excluding hydrogens is 260 g/mol. The van der Waals surface area contributed by atoms with E-state index in [0.29, 0.717) is 6.10 Å². The van der Waals surface area contributed by atoms with Crippen molar-refractivity contribution in [1.29, 1.82) is 0 Å². The highest BCUT2D eigenvalue weighted by molar-refractivity contribution is 5.31. The molecule has 1 aromatic rings. The number of ether oxygens (including phenoxy) is 1. The minimum atomic E-state index is 0.246. The molecule has 0 heterocycles. The molecule has 2 fully saturated rings. The summed E-state index contributed by atoms with van der Waals surface area (Å²) in [5, 5.41) is 0. The summed E-state index contributed by atoms with van der Waals surface area (Å²) in [5.41, 5.74) is 4.29. The molecule has 1 atom stereocenters. The van der Waals surface area contributed by atoms with Crippen molar-refractivity contribution in [1.82, 2.24) is 5.43 Å². The summed E-state index contributed by atoms with van der Waals surface area (Å²) in [6.45, 7) is 0. The van der Waals surface area contributed by atoms with Crippen molar-refractivity contribution in [3.8, 4) is 5.75 Å². The van der Waals surface area contributed by atoms with Crippen LogP contribution in [0.4, 0.5) is 0 Å². The monoisotopic (exact) mass is 288 g/mol. The SMILES string of the molecule is NNC(CC1CCCCCC1)c1cccc(OC2CC2)c1. The van der Waals surface area contributed by atoms with Gasteiger partial charge in [-0.05, 0) is 42.9 Å². The van der Waals surface area contributed by atoms with E-state index in [1.165, 1.54) is 56.9 Å². The Morgan fingerprint density at radius 3 is 2.52 bits per heavy atom. The highest BCUT2D eigenvalue weighted by Gasteiger charge is 2.24. The number of hydrazine groups is 1. The zero-order chi connectivity index (χ0) is 14.5. The Bertz CT molecular complexity index is 437. The van der Waals surface area contributed by atoms with Gasteiger partial charge in [0.15, 0.2) is 0 Å². The molecular formula is C18H28N2O. The predicted octanol–water partition coefficient (Wildman–Crippen LogP) is 4.09. The van der Waals surface area contributed by atoms with E-state index in [9.17, 15) is 0 Å². The number of hydrogen-bond donors (Lipinski definition) is 2. The highest BCUT2D eigenvalue weighted by atomic mass is 16.5. The van der Waals surface area contributed by atoms with Crippen LogP contribution in [0.5, 0.6) is 5.75 Å². The minimum absolute atomic E-state index is 0.246. The van der Waals surface area contributed by atoms with Gasteiger partial charge >= 0.3 is 0 Å². The molecule has 116 valence electrons. The third-order valence-corrected chi connectivity index (χ3v) is 4.83. The molecule has 0 aliphatic heterocycles. The van der Waals surface area contributed by atoms with Crippen molar-refractivity contribution in [3.05, 3.63) is 29.8 Å². The fraction of sp³-hybridized carbons (Fsp3) is 0.667. The standard InChI is InChI=1S/C18H28N2O/c19-20-18(12-14-6-3-1-2-4-7-14)15-8-5-9-17(13-15)21-16-10-11-16/h5,8-9,13-14,16,18,20H,1-4,6-7,10-12,19H2. The molecule has 2 aliphatic rings. The summed E-state index contributed by atoms with van der Waals surface area (Å²) in [6.07, 6.45) is 12.3. The lowest BCUT2D eigenvalue weighted by Crippen LogP contribution is -2.29. The van der Waals surface area contributed by atoms with Crippen molar-refractivity contribution in [2.45, 2.75) is 69.9 Å². The van der Waals surface area contributed by atoms with Crippen molar-refractivity contribution in [2.75, 3.05) is 0 Å². The Kier molecular flexibility index (Phi) is 5.15. The fourth-order valence-electron chi connectivity index (χ4n) is 3.42. The molecule has 0 spiro atoms. The fourth-order valence-corrected chi connectivity index (χ4v) is 3.42. The third kappa shape index (κ3) is 4.45. The second-order valence-corrected chi connectivity index (χ2v) is 6.70. The van der Waals surface area contributed by atoms with Gasteiger partial charge in [-0.3, -0.25) is 11.3 Å². The summed E-state index contributed by atoms with van der Waals surface area (Å²) in [5.74, 6) is 7.64. The number of nitrogens with two attached hydrogens (primary N) is 1. The molecule has 1 aromatic carbocycles. The second-order valence-electron chi connectivity index (χ2n) is 6.70. The van der Waals surface area contributed by atoms with Gasteiger partial charge in [0.1, 0.15) is 5.75 Å². The first kappa shape index (κ1) is 14.9. The van der Waals surface area contributed by atoms with Crippen LogP contribution in [0.1, 0.15) is 69.4 Å². The van der Waals surface area contributed by atoms with Gasteiger partial charge in [-0.15, -0.1) is 0 Å². The predicted molar refractivity (Wildman–Crippen MR) is 86.0 cm³/mol. The van der Waals surface area contributed by atoms with E-state index < -0.39 is 0 Å². The highest BCUT2D eigenvalue weighted by Crippen LogP contribution is 2.33. The molecule has 0 amide bonds. The normalized spacial score (nSPS) is 21.8. The van der Waals surface area contributed by atoms with Crippen LogP contribution < -0.4 is 16.0 Å². The van der Waals surface area contributed by atoms with Gasteiger partial charge in [-0.2, -0.15) is 0 Å². The van der Waals surface area contributed by atoms with E-state index in [1.54, 1.807) is 0 Å². The number of benzene rings is 1. The van der Waals surface area contributed by atoms with E-state index in [4.69, 9.17) is 10.6 Å². The van der Waals surface area contributed by atoms with Crippen LogP contribution in [0.3, 0.4) is 0 Å². The molecule has 0 radical (unpaired) electrons. The van der Waals surface area contributed by atoms with Gasteiger partial charge in [0.25, 0.3) is 0 Å². The zero-order valence-electron chi connectivity index (χ0n) is 12.9. The van der Waals surface area contributed by atoms with Gasteiger partial charge in [0.05, 0.1) is 6.10 Å². The molecule has 3 heteroatoms. The first-order valence-electron chi connectivity index (χ1n) is 8.58. The molecule has 0 aromatic heterocycles. The maximum absolute atomic E-state index is 5.90. The Labute approximate surface area is 128 Å². The largest absolute Gasteiger partial charge is 0.490 e. The third-order valence-electron chi connectivity index (χ3n) is 4.83. The summed E-state index contributed by atoms with van der Waals surface area (Å²) >= 11 is 0. The molecule has 2 saturated carbocycles. The molecule has 0 saturated heterocycles. The van der Waals surface area contributed by atoms with Gasteiger partial charge in [0.2, 0.25) is 0 Å². The van der Waals surface area contributed by atoms with Crippen molar-refractivity contribution < 1.29 is 4.74 Å². The topological polar surface area (TPSA) is 47.3 Å². The van der Waals surface area contributed by atoms with Crippen molar-refractivity contribution in [3.63, 3.8) is 0 Å². The average Bonchev–Trinajstić information content (AvgIpc) is 3.32. The first-order chi connectivity index (χ1) is 10.3. The van der Waals surface area contributed by atoms with Crippen LogP contribution in [-0.2, 0) is 0 Å². The maximum atomic E-state index is 5.90. The molecule has 0 bridgehead atoms. The van der Waals surface area contributed by atoms with Crippen LogP contribution in [-0.4, -0.2) is 6.10 Å². The quantitative estimate of drug-likeness (QED) is 0.471. The van der Waals surface area contributed by atoms with Gasteiger partial charge in [-0.1, -0.05) is 50.7 Å². The molecule has 2 aliphatic carbocycles. The van der Waals surface area contributed by atoms with Crippen LogP contribution in [0.25, 0.3) is 0 Å². The molecule has 1 unspecified atom stereocenters. The van der Waals surface area contributed by atoms with Crippen LogP contribution in [0.2, 0.25) is 0 Å². The lowest BCUT2D eigenvalue weighted by molar-refractivity contribution is 0.301. The molecule has 3 N–H and O–H groups in total. The lowest BCUT2D eigenvalue weighted by Gasteiger charge is -2.23. The van der Waals surface area contributed by atoms with Crippen LogP contribution >= 0.6 is 0 Å². The summed E-state index contributed by atoms with van der Waals surface area (Å²) in [7, 11) is 0. The maximum Gasteiger partial charge on any atom is 0.120 e. The Hall–Kier alpha value is -1.06. The van der Waals surface area contributed by atoms with E-state index in [-0.39, 0.29) is 6.04 Å². The molecule has 3 rings (SSSR count). The summed E-state index contributed by atoms with van der Waals surface area (Å²) in [4.78, 5) is 0. The van der Waals surface area contributed by atoms with Crippen LogP contribution in [0, 0.1) is 5.92 Å². The van der Waals surface area contributed by atoms with Crippen LogP contribution in [0.15, 0.2) is 24.3 Å². The van der Waals surface area contributed by atoms with Crippen molar-refractivity contribution in [2.24, 2.45) is 11.8 Å². The first-order valence-corrected chi connectivity index (χ1v) is 8.58. The average molecular weight is 288 g/mol. The smallest absolute Gasteiger partial charge is 0.120 e. The van der Waals surface area contributed by atoms with Gasteiger partial charge < -0.3 is 4.74 Å². The molecule has 3 nitrogen and oxygen atoms in total. The Balaban J connectivity index is 1.63. The second kappa shape index (κ2) is 7.28. The van der Waals surface area contributed by atoms with E-state index >= 15 is 0 Å². The zero-order valence-corrected chi connectivity index (χ0v) is 12.9. The number of rotatable bonds is 6. The lowest BCUT2D eigenvalue weighted by atomic mass is 9.90. The van der Waals surface area contributed by atoms with Gasteiger partial charge in [0, 0.05) is 6.04 Å². The van der Waals surface area contributed by atoms with E-state index in [0.717, 1.165) is 18.1 Å². The van der Waals surface area contributed by atoms with Crippen molar-refractivity contribution >= 4 is 0 Å². The number of hydrogen-bond acceptors (Lipinski definition) is 3.